The van der Waals surface area contributed by atoms with Crippen LogP contribution in [-0.4, -0.2) is 42.7 Å². The van der Waals surface area contributed by atoms with E-state index in [1.54, 1.807) is 6.33 Å². The number of aromatic nitrogens is 2. The van der Waals surface area contributed by atoms with E-state index in [9.17, 15) is 0 Å². The van der Waals surface area contributed by atoms with Crippen molar-refractivity contribution in [2.75, 3.05) is 36.9 Å². The van der Waals surface area contributed by atoms with E-state index in [4.69, 9.17) is 0 Å². The maximum absolute atomic E-state index is 4.36. The number of likely N-dealkylation sites (N-methyl/N-ethyl adjacent to an activating group) is 1. The van der Waals surface area contributed by atoms with Gasteiger partial charge in [0, 0.05) is 31.7 Å². The fourth-order valence-corrected chi connectivity index (χ4v) is 2.22. The molecule has 5 heteroatoms. The van der Waals surface area contributed by atoms with Gasteiger partial charge in [0.25, 0.3) is 0 Å². The molecular weight excluding hydrogens is 214 g/mol. The monoisotopic (exact) mass is 235 g/mol. The summed E-state index contributed by atoms with van der Waals surface area (Å²) in [4.78, 5) is 10.9. The van der Waals surface area contributed by atoms with E-state index in [1.165, 1.54) is 12.8 Å². The molecule has 2 N–H and O–H groups in total. The fraction of sp³-hybridized carbons (Fsp3) is 0.667. The van der Waals surface area contributed by atoms with Gasteiger partial charge in [-0.2, -0.15) is 0 Å². The summed E-state index contributed by atoms with van der Waals surface area (Å²) < 4.78 is 0. The minimum absolute atomic E-state index is 0.571. The zero-order chi connectivity index (χ0) is 12.1. The zero-order valence-electron chi connectivity index (χ0n) is 10.6. The van der Waals surface area contributed by atoms with Gasteiger partial charge in [-0.1, -0.05) is 0 Å². The highest BCUT2D eigenvalue weighted by Crippen LogP contribution is 2.19. The summed E-state index contributed by atoms with van der Waals surface area (Å²) >= 11 is 0. The molecular formula is C12H21N5. The standard InChI is InChI=1S/C12H21N5/c1-3-14-11-7-12(16-9-15-11)17-6-4-5-10(8-17)13-2/h7,9-10,13H,3-6,8H2,1-2H3,(H,14,15,16). The number of anilines is 2. The number of nitrogens with one attached hydrogen (secondary N) is 2. The predicted octanol–water partition coefficient (Wildman–Crippen LogP) is 1.10. The number of nitrogens with zero attached hydrogens (tertiary/aromatic N) is 3. The third kappa shape index (κ3) is 3.06. The van der Waals surface area contributed by atoms with E-state index in [2.05, 4.69) is 32.4 Å². The van der Waals surface area contributed by atoms with Crippen molar-refractivity contribution in [3.8, 4) is 0 Å². The predicted molar refractivity (Wildman–Crippen MR) is 70.5 cm³/mol. The van der Waals surface area contributed by atoms with Crippen molar-refractivity contribution in [2.24, 2.45) is 0 Å². The highest BCUT2D eigenvalue weighted by molar-refractivity contribution is 5.48. The van der Waals surface area contributed by atoms with Crippen LogP contribution in [0.4, 0.5) is 11.6 Å². The first-order valence-corrected chi connectivity index (χ1v) is 6.31. The molecule has 0 aromatic carbocycles. The zero-order valence-corrected chi connectivity index (χ0v) is 10.6. The molecule has 0 saturated carbocycles. The third-order valence-corrected chi connectivity index (χ3v) is 3.16. The molecule has 1 aromatic rings. The SMILES string of the molecule is CCNc1cc(N2CCCC(NC)C2)ncn1. The fourth-order valence-electron chi connectivity index (χ4n) is 2.22. The van der Waals surface area contributed by atoms with E-state index < -0.39 is 0 Å². The Bertz CT molecular complexity index is 355. The van der Waals surface area contributed by atoms with Crippen LogP contribution in [-0.2, 0) is 0 Å². The summed E-state index contributed by atoms with van der Waals surface area (Å²) in [7, 11) is 2.03. The van der Waals surface area contributed by atoms with Gasteiger partial charge >= 0.3 is 0 Å². The summed E-state index contributed by atoms with van der Waals surface area (Å²) in [5, 5.41) is 6.56. The Labute approximate surface area is 103 Å². The topological polar surface area (TPSA) is 53.1 Å². The lowest BCUT2D eigenvalue weighted by atomic mass is 10.1. The van der Waals surface area contributed by atoms with Gasteiger partial charge in [-0.05, 0) is 26.8 Å². The highest BCUT2D eigenvalue weighted by atomic mass is 15.2. The molecule has 1 fully saturated rings. The van der Waals surface area contributed by atoms with Crippen molar-refractivity contribution in [2.45, 2.75) is 25.8 Å². The van der Waals surface area contributed by atoms with Crippen LogP contribution >= 0.6 is 0 Å². The van der Waals surface area contributed by atoms with Crippen molar-refractivity contribution in [3.05, 3.63) is 12.4 Å². The lowest BCUT2D eigenvalue weighted by Gasteiger charge is -2.33. The molecule has 1 saturated heterocycles. The normalized spacial score (nSPS) is 20.4. The van der Waals surface area contributed by atoms with Gasteiger partial charge in [-0.25, -0.2) is 9.97 Å². The molecule has 1 aliphatic rings. The van der Waals surface area contributed by atoms with Gasteiger partial charge in [0.15, 0.2) is 0 Å². The summed E-state index contributed by atoms with van der Waals surface area (Å²) in [5.74, 6) is 1.93. The largest absolute Gasteiger partial charge is 0.370 e. The Kier molecular flexibility index (Phi) is 4.14. The quantitative estimate of drug-likeness (QED) is 0.818. The van der Waals surface area contributed by atoms with Crippen LogP contribution in [0.3, 0.4) is 0 Å². The van der Waals surface area contributed by atoms with Crippen molar-refractivity contribution in [1.29, 1.82) is 0 Å². The minimum atomic E-state index is 0.571. The lowest BCUT2D eigenvalue weighted by molar-refractivity contribution is 0.447. The molecule has 2 rings (SSSR count). The molecule has 0 spiro atoms. The van der Waals surface area contributed by atoms with Gasteiger partial charge in [-0.3, -0.25) is 0 Å². The van der Waals surface area contributed by atoms with E-state index in [0.717, 1.165) is 31.3 Å². The Morgan fingerprint density at radius 1 is 1.47 bits per heavy atom. The molecule has 94 valence electrons. The first-order chi connectivity index (χ1) is 8.33. The average molecular weight is 235 g/mol. The van der Waals surface area contributed by atoms with Crippen LogP contribution in [0.15, 0.2) is 12.4 Å². The van der Waals surface area contributed by atoms with Gasteiger partial charge in [0.05, 0.1) is 0 Å². The van der Waals surface area contributed by atoms with Crippen molar-refractivity contribution in [3.63, 3.8) is 0 Å². The first-order valence-electron chi connectivity index (χ1n) is 6.31. The second-order valence-electron chi connectivity index (χ2n) is 4.37. The number of hydrogen-bond donors (Lipinski definition) is 2. The van der Waals surface area contributed by atoms with Crippen LogP contribution in [0.25, 0.3) is 0 Å². The third-order valence-electron chi connectivity index (χ3n) is 3.16. The Morgan fingerprint density at radius 3 is 3.12 bits per heavy atom. The molecule has 0 aliphatic carbocycles. The van der Waals surface area contributed by atoms with E-state index in [0.29, 0.717) is 6.04 Å². The number of hydrogen-bond acceptors (Lipinski definition) is 5. The Balaban J connectivity index is 2.07. The molecule has 2 heterocycles. The van der Waals surface area contributed by atoms with E-state index >= 15 is 0 Å². The second kappa shape index (κ2) is 5.82. The molecule has 1 atom stereocenters. The van der Waals surface area contributed by atoms with E-state index in [-0.39, 0.29) is 0 Å². The smallest absolute Gasteiger partial charge is 0.134 e. The molecule has 0 bridgehead atoms. The average Bonchev–Trinajstić information content (AvgIpc) is 2.40. The van der Waals surface area contributed by atoms with Gasteiger partial charge < -0.3 is 15.5 Å². The van der Waals surface area contributed by atoms with Gasteiger partial charge in [-0.15, -0.1) is 0 Å². The molecule has 1 aliphatic heterocycles. The molecule has 1 aromatic heterocycles. The lowest BCUT2D eigenvalue weighted by Crippen LogP contribution is -2.44. The van der Waals surface area contributed by atoms with Crippen LogP contribution in [0, 0.1) is 0 Å². The summed E-state index contributed by atoms with van der Waals surface area (Å²) in [6.45, 7) is 5.06. The van der Waals surface area contributed by atoms with Crippen molar-refractivity contribution >= 4 is 11.6 Å². The van der Waals surface area contributed by atoms with Gasteiger partial charge in [0.2, 0.25) is 0 Å². The summed E-state index contributed by atoms with van der Waals surface area (Å²) in [6, 6.07) is 2.60. The van der Waals surface area contributed by atoms with Crippen molar-refractivity contribution < 1.29 is 0 Å². The molecule has 1 unspecified atom stereocenters. The van der Waals surface area contributed by atoms with E-state index in [1.807, 2.05) is 13.1 Å². The van der Waals surface area contributed by atoms with Crippen LogP contribution in [0.1, 0.15) is 19.8 Å². The maximum atomic E-state index is 4.36. The molecule has 17 heavy (non-hydrogen) atoms. The maximum Gasteiger partial charge on any atom is 0.134 e. The molecule has 5 nitrogen and oxygen atoms in total. The summed E-state index contributed by atoms with van der Waals surface area (Å²) in [6.07, 6.45) is 4.10. The Morgan fingerprint density at radius 2 is 2.35 bits per heavy atom. The van der Waals surface area contributed by atoms with Crippen LogP contribution in [0.5, 0.6) is 0 Å². The van der Waals surface area contributed by atoms with Gasteiger partial charge in [0.1, 0.15) is 18.0 Å². The number of rotatable bonds is 4. The minimum Gasteiger partial charge on any atom is -0.370 e. The molecule has 0 amide bonds. The first kappa shape index (κ1) is 12.1. The Hall–Kier alpha value is -1.36. The highest BCUT2D eigenvalue weighted by Gasteiger charge is 2.19. The molecule has 0 radical (unpaired) electrons. The second-order valence-corrected chi connectivity index (χ2v) is 4.37. The number of piperidine rings is 1. The van der Waals surface area contributed by atoms with Crippen LogP contribution in [0.2, 0.25) is 0 Å². The van der Waals surface area contributed by atoms with Crippen LogP contribution < -0.4 is 15.5 Å². The van der Waals surface area contributed by atoms with Crippen molar-refractivity contribution in [1.82, 2.24) is 15.3 Å². The summed E-state index contributed by atoms with van der Waals surface area (Å²) in [5.41, 5.74) is 0.